The molecule has 1 atom stereocenters. The van der Waals surface area contributed by atoms with Gasteiger partial charge in [-0.2, -0.15) is 0 Å². The maximum Gasteiger partial charge on any atom is 0.165 e. The number of ketones is 1. The van der Waals surface area contributed by atoms with Crippen molar-refractivity contribution in [2.45, 2.75) is 31.3 Å². The van der Waals surface area contributed by atoms with Gasteiger partial charge in [0.1, 0.15) is 0 Å². The van der Waals surface area contributed by atoms with E-state index in [1.165, 1.54) is 16.7 Å². The van der Waals surface area contributed by atoms with Crippen LogP contribution in [0, 0.1) is 0 Å². The van der Waals surface area contributed by atoms with Crippen molar-refractivity contribution < 1.29 is 4.79 Å². The maximum atomic E-state index is 12.0. The summed E-state index contributed by atoms with van der Waals surface area (Å²) in [5.74, 6) is 0.272. The summed E-state index contributed by atoms with van der Waals surface area (Å²) in [5.41, 5.74) is 4.97. The van der Waals surface area contributed by atoms with E-state index in [-0.39, 0.29) is 11.8 Å². The molecular formula is C18H17NO. The average molecular weight is 263 g/mol. The molecule has 0 aromatic heterocycles. The van der Waals surface area contributed by atoms with Gasteiger partial charge < -0.3 is 5.32 Å². The highest BCUT2D eigenvalue weighted by atomic mass is 16.1. The maximum absolute atomic E-state index is 12.0. The molecule has 1 unspecified atom stereocenters. The summed E-state index contributed by atoms with van der Waals surface area (Å²) < 4.78 is 0. The van der Waals surface area contributed by atoms with Gasteiger partial charge in [-0.1, -0.05) is 48.5 Å². The fourth-order valence-corrected chi connectivity index (χ4v) is 3.57. The quantitative estimate of drug-likeness (QED) is 0.902. The normalized spacial score (nSPS) is 21.0. The number of Topliss-reactive ketones (excluding diaryl/α,β-unsaturated/α-hetero) is 1. The second kappa shape index (κ2) is 4.57. The molecule has 20 heavy (non-hydrogen) atoms. The Hall–Kier alpha value is -1.93. The summed E-state index contributed by atoms with van der Waals surface area (Å²) in [6, 6.07) is 17.3. The van der Waals surface area contributed by atoms with E-state index < -0.39 is 0 Å². The van der Waals surface area contributed by atoms with Crippen LogP contribution in [0.15, 0.2) is 48.5 Å². The van der Waals surface area contributed by atoms with E-state index in [0.29, 0.717) is 12.5 Å². The number of nitrogens with one attached hydrogen (secondary N) is 1. The van der Waals surface area contributed by atoms with Crippen molar-refractivity contribution in [3.8, 4) is 0 Å². The molecule has 0 amide bonds. The van der Waals surface area contributed by atoms with Crippen molar-refractivity contribution in [3.05, 3.63) is 70.8 Å². The van der Waals surface area contributed by atoms with Crippen molar-refractivity contribution in [2.75, 3.05) is 0 Å². The van der Waals surface area contributed by atoms with Crippen molar-refractivity contribution in [2.24, 2.45) is 0 Å². The van der Waals surface area contributed by atoms with E-state index in [1.54, 1.807) is 0 Å². The Balaban J connectivity index is 1.54. The van der Waals surface area contributed by atoms with E-state index in [4.69, 9.17) is 0 Å². The summed E-state index contributed by atoms with van der Waals surface area (Å²) >= 11 is 0. The van der Waals surface area contributed by atoms with Gasteiger partial charge >= 0.3 is 0 Å². The summed E-state index contributed by atoms with van der Waals surface area (Å²) in [6.45, 7) is 0. The third-order valence-corrected chi connectivity index (χ3v) is 4.51. The molecule has 4 rings (SSSR count). The van der Waals surface area contributed by atoms with E-state index in [9.17, 15) is 4.79 Å². The Labute approximate surface area is 118 Å². The first kappa shape index (κ1) is 11.9. The second-order valence-corrected chi connectivity index (χ2v) is 5.81. The zero-order valence-electron chi connectivity index (χ0n) is 11.3. The monoisotopic (exact) mass is 263 g/mol. The second-order valence-electron chi connectivity index (χ2n) is 5.81. The highest BCUT2D eigenvalue weighted by Gasteiger charge is 2.31. The molecule has 2 aromatic rings. The van der Waals surface area contributed by atoms with Crippen molar-refractivity contribution >= 4 is 5.78 Å². The fraction of sp³-hybridized carbons (Fsp3) is 0.278. The largest absolute Gasteiger partial charge is 0.306 e. The molecule has 2 aliphatic rings. The predicted octanol–water partition coefficient (Wildman–Crippen LogP) is 3.07. The van der Waals surface area contributed by atoms with Gasteiger partial charge in [0.2, 0.25) is 0 Å². The molecule has 0 fully saturated rings. The van der Waals surface area contributed by atoms with Gasteiger partial charge in [0.15, 0.2) is 5.78 Å². The Bertz CT molecular complexity index is 652. The van der Waals surface area contributed by atoms with Gasteiger partial charge in [-0.05, 0) is 29.5 Å². The molecule has 2 aliphatic carbocycles. The number of hydrogen-bond acceptors (Lipinski definition) is 2. The molecule has 0 heterocycles. The molecular weight excluding hydrogens is 246 g/mol. The molecule has 0 saturated heterocycles. The lowest BCUT2D eigenvalue weighted by molar-refractivity contribution is 0.0984. The minimum absolute atomic E-state index is 0.193. The third kappa shape index (κ3) is 1.88. The molecule has 0 bridgehead atoms. The molecule has 0 spiro atoms. The van der Waals surface area contributed by atoms with Crippen LogP contribution in [-0.2, 0) is 12.8 Å². The van der Waals surface area contributed by atoms with E-state index in [1.807, 2.05) is 18.2 Å². The number of carbonyl (C=O) groups is 1. The standard InChI is InChI=1S/C18H17NO/c20-18-11-17(15-7-3-4-8-16(15)18)19-14-9-12-5-1-2-6-13(12)10-14/h1-8,14,17,19H,9-11H2. The third-order valence-electron chi connectivity index (χ3n) is 4.51. The highest BCUT2D eigenvalue weighted by Crippen LogP contribution is 2.32. The summed E-state index contributed by atoms with van der Waals surface area (Å²) in [4.78, 5) is 12.0. The molecule has 1 N–H and O–H groups in total. The summed E-state index contributed by atoms with van der Waals surface area (Å²) in [5, 5.41) is 3.69. The Kier molecular flexibility index (Phi) is 2.71. The van der Waals surface area contributed by atoms with Gasteiger partial charge in [0.25, 0.3) is 0 Å². The van der Waals surface area contributed by atoms with Gasteiger partial charge in [0.05, 0.1) is 0 Å². The van der Waals surface area contributed by atoms with Crippen LogP contribution in [0.3, 0.4) is 0 Å². The number of fused-ring (bicyclic) bond motifs is 2. The minimum atomic E-state index is 0.193. The van der Waals surface area contributed by atoms with Crippen LogP contribution in [0.25, 0.3) is 0 Å². The van der Waals surface area contributed by atoms with Crippen LogP contribution < -0.4 is 5.32 Å². The average Bonchev–Trinajstić information content (AvgIpc) is 3.01. The van der Waals surface area contributed by atoms with Crippen LogP contribution in [-0.4, -0.2) is 11.8 Å². The molecule has 100 valence electrons. The van der Waals surface area contributed by atoms with Crippen molar-refractivity contribution in [3.63, 3.8) is 0 Å². The zero-order valence-corrected chi connectivity index (χ0v) is 11.3. The summed E-state index contributed by atoms with van der Waals surface area (Å²) in [6.07, 6.45) is 2.75. The van der Waals surface area contributed by atoms with Crippen LogP contribution in [0.2, 0.25) is 0 Å². The number of carbonyl (C=O) groups excluding carboxylic acids is 1. The molecule has 2 aromatic carbocycles. The van der Waals surface area contributed by atoms with Crippen LogP contribution in [0.1, 0.15) is 39.5 Å². The molecule has 2 heteroatoms. The van der Waals surface area contributed by atoms with E-state index in [0.717, 1.165) is 18.4 Å². The van der Waals surface area contributed by atoms with E-state index >= 15 is 0 Å². The topological polar surface area (TPSA) is 29.1 Å². The first-order chi connectivity index (χ1) is 9.81. The van der Waals surface area contributed by atoms with Crippen LogP contribution >= 0.6 is 0 Å². The first-order valence-electron chi connectivity index (χ1n) is 7.26. The van der Waals surface area contributed by atoms with Gasteiger partial charge in [-0.25, -0.2) is 0 Å². The van der Waals surface area contributed by atoms with Crippen LogP contribution in [0.5, 0.6) is 0 Å². The van der Waals surface area contributed by atoms with E-state index in [2.05, 4.69) is 35.6 Å². The molecule has 0 saturated carbocycles. The Morgan fingerprint density at radius 3 is 2.25 bits per heavy atom. The molecule has 2 nitrogen and oxygen atoms in total. The van der Waals surface area contributed by atoms with Crippen LogP contribution in [0.4, 0.5) is 0 Å². The van der Waals surface area contributed by atoms with Crippen molar-refractivity contribution in [1.82, 2.24) is 5.32 Å². The SMILES string of the molecule is O=C1CC(NC2Cc3ccccc3C2)c2ccccc21. The number of rotatable bonds is 2. The Morgan fingerprint density at radius 1 is 0.850 bits per heavy atom. The smallest absolute Gasteiger partial charge is 0.165 e. The predicted molar refractivity (Wildman–Crippen MR) is 78.9 cm³/mol. The van der Waals surface area contributed by atoms with Gasteiger partial charge in [-0.15, -0.1) is 0 Å². The highest BCUT2D eigenvalue weighted by molar-refractivity contribution is 6.01. The van der Waals surface area contributed by atoms with Gasteiger partial charge in [-0.3, -0.25) is 4.79 Å². The van der Waals surface area contributed by atoms with Crippen molar-refractivity contribution in [1.29, 1.82) is 0 Å². The molecule has 0 radical (unpaired) electrons. The number of benzene rings is 2. The summed E-state index contributed by atoms with van der Waals surface area (Å²) in [7, 11) is 0. The zero-order chi connectivity index (χ0) is 13.5. The minimum Gasteiger partial charge on any atom is -0.306 e. The Morgan fingerprint density at radius 2 is 1.50 bits per heavy atom. The lowest BCUT2D eigenvalue weighted by atomic mass is 10.1. The number of hydrogen-bond donors (Lipinski definition) is 1. The lowest BCUT2D eigenvalue weighted by Crippen LogP contribution is -2.32. The van der Waals surface area contributed by atoms with Gasteiger partial charge in [0, 0.05) is 24.1 Å². The molecule has 0 aliphatic heterocycles. The first-order valence-corrected chi connectivity index (χ1v) is 7.26. The fourth-order valence-electron chi connectivity index (χ4n) is 3.57. The lowest BCUT2D eigenvalue weighted by Gasteiger charge is -2.19.